The zero-order chi connectivity index (χ0) is 56.4. The Labute approximate surface area is 483 Å². The highest BCUT2D eigenvalue weighted by atomic mass is 15.3. The highest BCUT2D eigenvalue weighted by Gasteiger charge is 2.60. The molecule has 4 aliphatic carbocycles. The Bertz CT molecular complexity index is 4200. The fraction of sp³-hybridized carbons (Fsp3) is 0.377. The normalized spacial score (nSPS) is 24.2. The number of hydrogen-bond donors (Lipinski definition) is 0. The van der Waals surface area contributed by atoms with Crippen molar-refractivity contribution in [3.8, 4) is 11.1 Å². The molecule has 8 aromatic carbocycles. The predicted octanol–water partition coefficient (Wildman–Crippen LogP) is 18.0. The Kier molecular flexibility index (Phi) is 9.42. The van der Waals surface area contributed by atoms with Crippen molar-refractivity contribution >= 4 is 68.6 Å². The van der Waals surface area contributed by atoms with Crippen molar-refractivity contribution in [3.05, 3.63) is 206 Å². The molecule has 16 rings (SSSR count). The van der Waals surface area contributed by atoms with E-state index in [1.165, 1.54) is 165 Å². The van der Waals surface area contributed by atoms with E-state index in [0.29, 0.717) is 0 Å². The van der Waals surface area contributed by atoms with Crippen molar-refractivity contribution in [2.24, 2.45) is 0 Å². The number of anilines is 8. The number of hydrogen-bond acceptors (Lipinski definition) is 3. The van der Waals surface area contributed by atoms with Crippen LogP contribution in [0.1, 0.15) is 201 Å². The maximum atomic E-state index is 2.89. The number of nitrogens with zero attached hydrogens (tertiary/aromatic N) is 3. The lowest BCUT2D eigenvalue weighted by Gasteiger charge is -2.51. The molecule has 0 N–H and O–H groups in total. The first-order valence-corrected chi connectivity index (χ1v) is 30.8. The van der Waals surface area contributed by atoms with Gasteiger partial charge < -0.3 is 14.7 Å². The monoisotopic (exact) mass is 1060 g/mol. The summed E-state index contributed by atoms with van der Waals surface area (Å²) in [5.41, 5.74) is 34.8. The van der Waals surface area contributed by atoms with E-state index in [1.807, 2.05) is 0 Å². The number of rotatable bonds is 1. The minimum absolute atomic E-state index is 0.00587. The Morgan fingerprint density at radius 3 is 1.78 bits per heavy atom. The lowest BCUT2D eigenvalue weighted by atomic mass is 9.33. The van der Waals surface area contributed by atoms with Gasteiger partial charge in [-0.1, -0.05) is 175 Å². The summed E-state index contributed by atoms with van der Waals surface area (Å²) in [4.78, 5) is 8.37. The highest BCUT2D eigenvalue weighted by Crippen LogP contribution is 2.65. The van der Waals surface area contributed by atoms with Crippen LogP contribution in [0.4, 0.5) is 45.5 Å². The molecule has 0 saturated heterocycles. The van der Waals surface area contributed by atoms with Gasteiger partial charge in [-0.15, -0.1) is 0 Å². The maximum Gasteiger partial charge on any atom is 0.252 e. The van der Waals surface area contributed by atoms with Crippen LogP contribution in [0.5, 0.6) is 0 Å². The molecule has 8 aromatic rings. The van der Waals surface area contributed by atoms with Gasteiger partial charge in [0.05, 0.1) is 5.54 Å². The molecular formula is C77H80BN3. The summed E-state index contributed by atoms with van der Waals surface area (Å²) in [7, 11) is 0. The van der Waals surface area contributed by atoms with Gasteiger partial charge in [-0.25, -0.2) is 0 Å². The van der Waals surface area contributed by atoms with E-state index in [1.54, 1.807) is 0 Å². The molecule has 4 aliphatic heterocycles. The van der Waals surface area contributed by atoms with Crippen LogP contribution in [0.25, 0.3) is 11.1 Å². The molecule has 1 fully saturated rings. The fourth-order valence-corrected chi connectivity index (χ4v) is 19.2. The van der Waals surface area contributed by atoms with Crippen molar-refractivity contribution < 1.29 is 0 Å². The van der Waals surface area contributed by atoms with Crippen molar-refractivity contribution in [3.63, 3.8) is 0 Å². The minimum Gasteiger partial charge on any atom is -0.334 e. The minimum atomic E-state index is -0.472. The van der Waals surface area contributed by atoms with Gasteiger partial charge in [0.15, 0.2) is 0 Å². The molecular weight excluding hydrogens is 978 g/mol. The Morgan fingerprint density at radius 1 is 0.432 bits per heavy atom. The third-order valence-corrected chi connectivity index (χ3v) is 23.3. The van der Waals surface area contributed by atoms with E-state index in [9.17, 15) is 0 Å². The van der Waals surface area contributed by atoms with Crippen LogP contribution in [0.15, 0.2) is 133 Å². The van der Waals surface area contributed by atoms with Crippen LogP contribution in [0.3, 0.4) is 0 Å². The molecule has 81 heavy (non-hydrogen) atoms. The highest BCUT2D eigenvalue weighted by molar-refractivity contribution is 7.00. The van der Waals surface area contributed by atoms with Gasteiger partial charge >= 0.3 is 0 Å². The maximum absolute atomic E-state index is 2.89. The molecule has 8 aliphatic rings. The molecule has 0 amide bonds. The van der Waals surface area contributed by atoms with E-state index < -0.39 is 5.41 Å². The number of benzene rings is 8. The molecule has 1 saturated carbocycles. The van der Waals surface area contributed by atoms with Gasteiger partial charge in [-0.2, -0.15) is 0 Å². The number of fused-ring (bicyclic) bond motifs is 19. The lowest BCUT2D eigenvalue weighted by Crippen LogP contribution is -2.61. The van der Waals surface area contributed by atoms with Crippen LogP contribution < -0.4 is 31.1 Å². The second-order valence-electron chi connectivity index (χ2n) is 30.7. The van der Waals surface area contributed by atoms with E-state index in [0.717, 1.165) is 12.8 Å². The van der Waals surface area contributed by atoms with Crippen molar-refractivity contribution in [1.82, 2.24) is 0 Å². The van der Waals surface area contributed by atoms with E-state index >= 15 is 0 Å². The summed E-state index contributed by atoms with van der Waals surface area (Å²) in [6, 6.07) is 55.1. The summed E-state index contributed by atoms with van der Waals surface area (Å²) < 4.78 is 0. The van der Waals surface area contributed by atoms with Gasteiger partial charge in [0, 0.05) is 67.2 Å². The molecule has 0 spiro atoms. The average molecular weight is 1060 g/mol. The first-order chi connectivity index (χ1) is 38.2. The van der Waals surface area contributed by atoms with E-state index in [2.05, 4.69) is 259 Å². The summed E-state index contributed by atoms with van der Waals surface area (Å²) in [5, 5.41) is 0. The lowest BCUT2D eigenvalue weighted by molar-refractivity contribution is 0.195. The van der Waals surface area contributed by atoms with Crippen LogP contribution in [0, 0.1) is 13.8 Å². The quantitative estimate of drug-likeness (QED) is 0.152. The Morgan fingerprint density at radius 2 is 1.04 bits per heavy atom. The first-order valence-electron chi connectivity index (χ1n) is 30.8. The summed E-state index contributed by atoms with van der Waals surface area (Å²) in [6.45, 7) is 39.9. The van der Waals surface area contributed by atoms with Crippen molar-refractivity contribution in [2.45, 2.75) is 186 Å². The van der Waals surface area contributed by atoms with Crippen LogP contribution >= 0.6 is 0 Å². The van der Waals surface area contributed by atoms with E-state index in [-0.39, 0.29) is 44.7 Å². The Balaban J connectivity index is 1.04. The largest absolute Gasteiger partial charge is 0.334 e. The van der Waals surface area contributed by atoms with E-state index in [4.69, 9.17) is 0 Å². The van der Waals surface area contributed by atoms with Gasteiger partial charge in [0.25, 0.3) is 6.71 Å². The topological polar surface area (TPSA) is 9.72 Å². The summed E-state index contributed by atoms with van der Waals surface area (Å²) in [6.07, 6.45) is 5.93. The van der Waals surface area contributed by atoms with Crippen LogP contribution in [-0.2, 0) is 37.9 Å². The van der Waals surface area contributed by atoms with Gasteiger partial charge in [-0.3, -0.25) is 0 Å². The third-order valence-electron chi connectivity index (χ3n) is 23.3. The zero-order valence-electron chi connectivity index (χ0n) is 51.2. The molecule has 3 unspecified atom stereocenters. The molecule has 3 nitrogen and oxygen atoms in total. The smallest absolute Gasteiger partial charge is 0.252 e. The van der Waals surface area contributed by atoms with Gasteiger partial charge in [0.1, 0.15) is 0 Å². The second-order valence-corrected chi connectivity index (χ2v) is 30.7. The third kappa shape index (κ3) is 5.98. The predicted molar refractivity (Wildman–Crippen MR) is 344 cm³/mol. The molecule has 3 atom stereocenters. The zero-order valence-corrected chi connectivity index (χ0v) is 51.2. The van der Waals surface area contributed by atoms with Crippen LogP contribution in [-0.4, -0.2) is 12.3 Å². The molecule has 4 heterocycles. The summed E-state index contributed by atoms with van der Waals surface area (Å²) >= 11 is 0. The first kappa shape index (κ1) is 50.0. The fourth-order valence-electron chi connectivity index (χ4n) is 19.2. The van der Waals surface area contributed by atoms with Crippen molar-refractivity contribution in [1.29, 1.82) is 0 Å². The van der Waals surface area contributed by atoms with Gasteiger partial charge in [0.2, 0.25) is 0 Å². The molecule has 0 radical (unpaired) electrons. The molecule has 406 valence electrons. The van der Waals surface area contributed by atoms with Crippen LogP contribution in [0.2, 0.25) is 0 Å². The standard InChI is InChI=1S/C77H80BN3/c1-44-33-67-69-68(34-44)80-63-41-59-57(35-45(63)2)74(12,13)51-25-19-20-26-52(51)77(59,16)58-42-64-60(38-54(58)70(3,4)5)75(14)31-21-22-32-76(75,15)81(64)47-28-30-61(65(80)37-47)78(69)62-39-55-56(72(8,9)43-71(55,6)7)40-66(62)79(67)46-27-29-49-48-23-17-18-24-50(48)73(10,11)53(49)36-46/h17-20,23-30,33-42H,21-22,31-32,43H2,1-16H3. The van der Waals surface area contributed by atoms with Crippen molar-refractivity contribution in [2.75, 3.05) is 14.7 Å². The second kappa shape index (κ2) is 15.3. The average Bonchev–Trinajstić information content (AvgIpc) is 3.97. The molecule has 6 bridgehead atoms. The van der Waals surface area contributed by atoms with Gasteiger partial charge in [-0.05, 0) is 218 Å². The molecule has 4 heteroatoms. The Hall–Kier alpha value is -6.78. The number of aryl methyl sites for hydroxylation is 2. The SMILES string of the molecule is Cc1cc2c3c(c1)N1c4cc5c(cc4C)C(C)(C)c4ccccc4C5(C)c4cc5c(cc4C(C)(C)C)C4(C)CCCCC4(C)N5c4ccc(c1c4)B3c1cc3c(cc1N2c1ccc2c(c1)C(C)(C)c1ccccc1-2)C(C)(C)CC3(C)C. The molecule has 0 aromatic heterocycles. The summed E-state index contributed by atoms with van der Waals surface area (Å²) in [5.74, 6) is 0.